The molecule has 0 spiro atoms. The lowest BCUT2D eigenvalue weighted by Crippen LogP contribution is -2.18. The molecule has 0 bridgehead atoms. The van der Waals surface area contributed by atoms with E-state index in [1.165, 1.54) is 5.56 Å². The van der Waals surface area contributed by atoms with Gasteiger partial charge in [0.25, 0.3) is 0 Å². The normalized spacial score (nSPS) is 12.2. The predicted octanol–water partition coefficient (Wildman–Crippen LogP) is 7.37. The second-order valence-corrected chi connectivity index (χ2v) is 12.0. The van der Waals surface area contributed by atoms with Crippen molar-refractivity contribution in [2.75, 3.05) is 5.75 Å². The van der Waals surface area contributed by atoms with Crippen LogP contribution in [0.5, 0.6) is 5.75 Å². The van der Waals surface area contributed by atoms with Gasteiger partial charge in [-0.25, -0.2) is 0 Å². The maximum Gasteiger partial charge on any atom is 0.168 e. The second kappa shape index (κ2) is 9.80. The summed E-state index contributed by atoms with van der Waals surface area (Å²) in [5.74, 6) is 1.40. The number of carbonyl (C=O) groups is 1. The molecule has 1 heterocycles. The molecule has 3 rings (SSSR count). The summed E-state index contributed by atoms with van der Waals surface area (Å²) < 4.78 is 2.18. The highest BCUT2D eigenvalue weighted by atomic mass is 32.2. The number of rotatable bonds is 7. The first kappa shape index (κ1) is 25.2. The van der Waals surface area contributed by atoms with Crippen LogP contribution in [0.1, 0.15) is 81.1 Å². The van der Waals surface area contributed by atoms with E-state index in [9.17, 15) is 9.90 Å². The van der Waals surface area contributed by atoms with Crippen LogP contribution in [0.15, 0.2) is 59.8 Å². The molecule has 0 atom stereocenters. The summed E-state index contributed by atoms with van der Waals surface area (Å²) in [6, 6.07) is 16.4. The van der Waals surface area contributed by atoms with Crippen LogP contribution in [0.3, 0.4) is 0 Å². The van der Waals surface area contributed by atoms with Gasteiger partial charge < -0.3 is 9.67 Å². The average Bonchev–Trinajstić information content (AvgIpc) is 3.11. The number of benzene rings is 2. The third kappa shape index (κ3) is 6.11. The lowest BCUT2D eigenvalue weighted by atomic mass is 9.78. The smallest absolute Gasteiger partial charge is 0.168 e. The van der Waals surface area contributed by atoms with Gasteiger partial charge in [0.1, 0.15) is 5.75 Å². The molecule has 2 aromatic carbocycles. The Balaban J connectivity index is 1.94. The van der Waals surface area contributed by atoms with Crippen molar-refractivity contribution in [2.24, 2.45) is 0 Å². The van der Waals surface area contributed by atoms with E-state index in [1.54, 1.807) is 11.8 Å². The highest BCUT2D eigenvalue weighted by Crippen LogP contribution is 2.40. The van der Waals surface area contributed by atoms with Gasteiger partial charge in [0.2, 0.25) is 0 Å². The van der Waals surface area contributed by atoms with E-state index in [4.69, 9.17) is 0 Å². The van der Waals surface area contributed by atoms with Gasteiger partial charge in [-0.1, -0.05) is 90.9 Å². The molecule has 33 heavy (non-hydrogen) atoms. The summed E-state index contributed by atoms with van der Waals surface area (Å²) in [6.45, 7) is 15.4. The number of Topliss-reactive ketones (excluding diaryl/α,β-unsaturated/α-hetero) is 1. The van der Waals surface area contributed by atoms with Crippen LogP contribution in [0.4, 0.5) is 0 Å². The zero-order valence-corrected chi connectivity index (χ0v) is 21.8. The predicted molar refractivity (Wildman–Crippen MR) is 140 cm³/mol. The summed E-state index contributed by atoms with van der Waals surface area (Å²) in [7, 11) is 0. The third-order valence-corrected chi connectivity index (χ3v) is 6.75. The van der Waals surface area contributed by atoms with E-state index >= 15 is 0 Å². The highest BCUT2D eigenvalue weighted by Gasteiger charge is 2.27. The van der Waals surface area contributed by atoms with E-state index in [-0.39, 0.29) is 16.6 Å². The van der Waals surface area contributed by atoms with Gasteiger partial charge in [0, 0.05) is 24.7 Å². The van der Waals surface area contributed by atoms with Crippen LogP contribution < -0.4 is 0 Å². The molecular formula is C29H37NO2S. The summed E-state index contributed by atoms with van der Waals surface area (Å²) >= 11 is 1.76. The fourth-order valence-electron chi connectivity index (χ4n) is 4.04. The summed E-state index contributed by atoms with van der Waals surface area (Å²) in [5.41, 5.74) is 4.26. The number of aromatic hydroxyl groups is 1. The Morgan fingerprint density at radius 1 is 0.909 bits per heavy atom. The van der Waals surface area contributed by atoms with Gasteiger partial charge in [-0.15, -0.1) is 11.8 Å². The Kier molecular flexibility index (Phi) is 7.48. The van der Waals surface area contributed by atoms with Gasteiger partial charge in [0.15, 0.2) is 5.78 Å². The van der Waals surface area contributed by atoms with E-state index < -0.39 is 0 Å². The molecule has 0 saturated heterocycles. The van der Waals surface area contributed by atoms with Gasteiger partial charge in [-0.05, 0) is 44.9 Å². The first-order valence-corrected chi connectivity index (χ1v) is 12.7. The number of carbonyl (C=O) groups excluding carboxylic acids is 1. The van der Waals surface area contributed by atoms with Crippen LogP contribution in [0, 0.1) is 0 Å². The molecule has 1 N–H and O–H groups in total. The van der Waals surface area contributed by atoms with Crippen molar-refractivity contribution < 1.29 is 9.90 Å². The number of phenolic OH excluding ortho intramolecular Hbond substituents is 1. The summed E-state index contributed by atoms with van der Waals surface area (Å²) in [5, 5.41) is 12.1. The quantitative estimate of drug-likeness (QED) is 0.294. The Morgan fingerprint density at radius 3 is 2.00 bits per heavy atom. The van der Waals surface area contributed by atoms with Crippen molar-refractivity contribution in [3.63, 3.8) is 0 Å². The Labute approximate surface area is 203 Å². The molecule has 4 heteroatoms. The number of hydrogen-bond acceptors (Lipinski definition) is 3. The Hall–Kier alpha value is -2.46. The molecule has 0 saturated carbocycles. The molecule has 0 amide bonds. The number of hydrogen-bond donors (Lipinski definition) is 1. The van der Waals surface area contributed by atoms with Crippen molar-refractivity contribution in [3.05, 3.63) is 82.5 Å². The van der Waals surface area contributed by atoms with Gasteiger partial charge >= 0.3 is 0 Å². The minimum absolute atomic E-state index is 0.102. The van der Waals surface area contributed by atoms with Crippen LogP contribution in [0.2, 0.25) is 0 Å². The number of phenols is 1. The van der Waals surface area contributed by atoms with E-state index in [2.05, 4.69) is 65.2 Å². The highest BCUT2D eigenvalue weighted by molar-refractivity contribution is 7.99. The zero-order chi connectivity index (χ0) is 24.4. The Morgan fingerprint density at radius 2 is 1.48 bits per heavy atom. The average molecular weight is 464 g/mol. The van der Waals surface area contributed by atoms with E-state index in [0.717, 1.165) is 39.6 Å². The minimum Gasteiger partial charge on any atom is -0.507 e. The van der Waals surface area contributed by atoms with E-state index in [1.807, 2.05) is 42.6 Å². The maximum absolute atomic E-state index is 13.4. The second-order valence-electron chi connectivity index (χ2n) is 10.8. The third-order valence-electron chi connectivity index (χ3n) is 5.82. The largest absolute Gasteiger partial charge is 0.507 e. The van der Waals surface area contributed by atoms with Crippen LogP contribution in [0.25, 0.3) is 0 Å². The summed E-state index contributed by atoms with van der Waals surface area (Å²) in [4.78, 5) is 13.4. The minimum atomic E-state index is -0.215. The monoisotopic (exact) mass is 463 g/mol. The SMILES string of the molecule is CCSc1cc(C(=O)Cc2cc(C(C)(C)C)c(O)c(C(C)(C)C)c2)cn1Cc1ccccc1. The Bertz CT molecular complexity index is 1080. The van der Waals surface area contributed by atoms with Crippen molar-refractivity contribution in [3.8, 4) is 5.75 Å². The number of ketones is 1. The van der Waals surface area contributed by atoms with Crippen LogP contribution >= 0.6 is 11.8 Å². The molecule has 0 radical (unpaired) electrons. The van der Waals surface area contributed by atoms with E-state index in [0.29, 0.717) is 12.2 Å². The molecule has 1 aromatic heterocycles. The first-order valence-electron chi connectivity index (χ1n) is 11.7. The lowest BCUT2D eigenvalue weighted by Gasteiger charge is -2.28. The number of nitrogens with zero attached hydrogens (tertiary/aromatic N) is 1. The lowest BCUT2D eigenvalue weighted by molar-refractivity contribution is 0.0992. The van der Waals surface area contributed by atoms with Gasteiger partial charge in [-0.2, -0.15) is 0 Å². The number of aromatic nitrogens is 1. The zero-order valence-electron chi connectivity index (χ0n) is 21.0. The van der Waals surface area contributed by atoms with Crippen LogP contribution in [-0.2, 0) is 23.8 Å². The fourth-order valence-corrected chi connectivity index (χ4v) is 4.83. The molecule has 3 nitrogen and oxygen atoms in total. The molecule has 0 aliphatic heterocycles. The standard InChI is InChI=1S/C29H37NO2S/c1-8-33-26-17-22(19-30(26)18-20-12-10-9-11-13-20)25(31)16-21-14-23(28(2,3)4)27(32)24(15-21)29(5,6)7/h9-15,17,19,32H,8,16,18H2,1-7H3. The topological polar surface area (TPSA) is 42.2 Å². The maximum atomic E-state index is 13.4. The summed E-state index contributed by atoms with van der Waals surface area (Å²) in [6.07, 6.45) is 2.31. The van der Waals surface area contributed by atoms with Crippen molar-refractivity contribution in [1.29, 1.82) is 0 Å². The fraction of sp³-hybridized carbons (Fsp3) is 0.414. The number of thioether (sulfide) groups is 1. The molecule has 0 aliphatic rings. The molecular weight excluding hydrogens is 426 g/mol. The van der Waals surface area contributed by atoms with Crippen molar-refractivity contribution in [2.45, 2.75) is 77.3 Å². The van der Waals surface area contributed by atoms with Crippen molar-refractivity contribution >= 4 is 17.5 Å². The van der Waals surface area contributed by atoms with Crippen molar-refractivity contribution in [1.82, 2.24) is 4.57 Å². The molecule has 3 aromatic rings. The molecule has 0 fully saturated rings. The van der Waals surface area contributed by atoms with Crippen LogP contribution in [-0.4, -0.2) is 21.2 Å². The molecule has 0 unspecified atom stereocenters. The molecule has 0 aliphatic carbocycles. The van der Waals surface area contributed by atoms with Gasteiger partial charge in [0.05, 0.1) is 5.03 Å². The van der Waals surface area contributed by atoms with Gasteiger partial charge in [-0.3, -0.25) is 4.79 Å². The molecule has 176 valence electrons. The first-order chi connectivity index (χ1) is 15.4.